The third-order valence-corrected chi connectivity index (χ3v) is 4.92. The van der Waals surface area contributed by atoms with E-state index in [9.17, 15) is 19.5 Å². The summed E-state index contributed by atoms with van der Waals surface area (Å²) in [6, 6.07) is 6.92. The number of para-hydroxylation sites is 2. The zero-order valence-corrected chi connectivity index (χ0v) is 16.2. The number of amides is 4. The quantitative estimate of drug-likeness (QED) is 0.727. The summed E-state index contributed by atoms with van der Waals surface area (Å²) in [6.07, 6.45) is -1.25. The summed E-state index contributed by atoms with van der Waals surface area (Å²) in [4.78, 5) is 41.5. The molecule has 0 bridgehead atoms. The number of piperazine rings is 1. The highest BCUT2D eigenvalue weighted by atomic mass is 16.4. The molecule has 152 valence electrons. The fourth-order valence-electron chi connectivity index (χ4n) is 3.57. The second-order valence-electron chi connectivity index (χ2n) is 7.43. The van der Waals surface area contributed by atoms with E-state index < -0.39 is 12.3 Å². The van der Waals surface area contributed by atoms with Crippen molar-refractivity contribution in [3.63, 3.8) is 0 Å². The molecule has 2 heterocycles. The Kier molecular flexibility index (Phi) is 6.03. The lowest BCUT2D eigenvalue weighted by molar-refractivity contribution is -0.119. The Morgan fingerprint density at radius 1 is 1.14 bits per heavy atom. The molecule has 0 saturated carbocycles. The van der Waals surface area contributed by atoms with Crippen LogP contribution in [0.1, 0.15) is 20.3 Å². The van der Waals surface area contributed by atoms with Crippen LogP contribution in [0.15, 0.2) is 24.3 Å². The van der Waals surface area contributed by atoms with Crippen LogP contribution in [-0.2, 0) is 4.79 Å². The number of hydrogen-bond donors (Lipinski definition) is 3. The van der Waals surface area contributed by atoms with Crippen LogP contribution in [0.2, 0.25) is 0 Å². The van der Waals surface area contributed by atoms with E-state index in [1.165, 1.54) is 4.90 Å². The van der Waals surface area contributed by atoms with Crippen LogP contribution in [0, 0.1) is 5.92 Å². The molecule has 28 heavy (non-hydrogen) atoms. The predicted octanol–water partition coefficient (Wildman–Crippen LogP) is 1.50. The molecule has 2 aliphatic rings. The lowest BCUT2D eigenvalue weighted by Gasteiger charge is -2.39. The van der Waals surface area contributed by atoms with E-state index in [2.05, 4.69) is 10.6 Å². The molecular formula is C19H27N5O4. The summed E-state index contributed by atoms with van der Waals surface area (Å²) < 4.78 is 0. The van der Waals surface area contributed by atoms with E-state index in [1.807, 2.05) is 32.0 Å². The molecule has 0 aromatic heterocycles. The van der Waals surface area contributed by atoms with Gasteiger partial charge in [-0.15, -0.1) is 0 Å². The van der Waals surface area contributed by atoms with Gasteiger partial charge < -0.3 is 20.6 Å². The summed E-state index contributed by atoms with van der Waals surface area (Å²) in [5.74, 6) is 0.290. The van der Waals surface area contributed by atoms with E-state index in [0.29, 0.717) is 50.5 Å². The maximum Gasteiger partial charge on any atom is 0.409 e. The van der Waals surface area contributed by atoms with Gasteiger partial charge >= 0.3 is 12.1 Å². The Labute approximate surface area is 164 Å². The minimum Gasteiger partial charge on any atom is -0.465 e. The van der Waals surface area contributed by atoms with Crippen molar-refractivity contribution in [2.24, 2.45) is 5.92 Å². The van der Waals surface area contributed by atoms with Crippen molar-refractivity contribution in [2.45, 2.75) is 26.4 Å². The molecule has 2 aliphatic heterocycles. The lowest BCUT2D eigenvalue weighted by Crippen LogP contribution is -2.63. The Balaban J connectivity index is 1.77. The van der Waals surface area contributed by atoms with E-state index in [1.54, 1.807) is 15.9 Å². The fraction of sp³-hybridized carbons (Fsp3) is 0.526. The molecule has 1 unspecified atom stereocenters. The molecule has 0 spiro atoms. The van der Waals surface area contributed by atoms with E-state index in [0.717, 1.165) is 0 Å². The second-order valence-corrected chi connectivity index (χ2v) is 7.43. The lowest BCUT2D eigenvalue weighted by atomic mass is 10.1. The third kappa shape index (κ3) is 4.19. The van der Waals surface area contributed by atoms with Gasteiger partial charge in [0.1, 0.15) is 6.17 Å². The van der Waals surface area contributed by atoms with Gasteiger partial charge in [0.2, 0.25) is 5.91 Å². The second kappa shape index (κ2) is 8.47. The zero-order valence-electron chi connectivity index (χ0n) is 16.2. The Bertz CT molecular complexity index is 754. The van der Waals surface area contributed by atoms with Crippen LogP contribution >= 0.6 is 0 Å². The normalized spacial score (nSPS) is 19.4. The highest BCUT2D eigenvalue weighted by Gasteiger charge is 2.33. The van der Waals surface area contributed by atoms with Crippen molar-refractivity contribution in [1.29, 1.82) is 0 Å². The molecule has 9 heteroatoms. The molecule has 3 rings (SSSR count). The van der Waals surface area contributed by atoms with Gasteiger partial charge in [-0.25, -0.2) is 9.59 Å². The number of hydrogen-bond acceptors (Lipinski definition) is 4. The highest BCUT2D eigenvalue weighted by molar-refractivity contribution is 6.03. The molecule has 0 aliphatic carbocycles. The van der Waals surface area contributed by atoms with Crippen molar-refractivity contribution >= 4 is 29.4 Å². The monoisotopic (exact) mass is 389 g/mol. The Morgan fingerprint density at radius 3 is 2.43 bits per heavy atom. The number of carbonyl (C=O) groups excluding carboxylic acids is 2. The highest BCUT2D eigenvalue weighted by Crippen LogP contribution is 2.33. The first-order chi connectivity index (χ1) is 13.4. The summed E-state index contributed by atoms with van der Waals surface area (Å²) in [6.45, 7) is 5.97. The zero-order chi connectivity index (χ0) is 20.3. The van der Waals surface area contributed by atoms with Gasteiger partial charge in [0, 0.05) is 39.1 Å². The van der Waals surface area contributed by atoms with Crippen LogP contribution in [0.5, 0.6) is 0 Å². The van der Waals surface area contributed by atoms with Crippen LogP contribution in [0.4, 0.5) is 21.0 Å². The van der Waals surface area contributed by atoms with Crippen molar-refractivity contribution in [3.8, 4) is 0 Å². The molecule has 1 aromatic carbocycles. The molecule has 4 amide bonds. The smallest absolute Gasteiger partial charge is 0.409 e. The van der Waals surface area contributed by atoms with Crippen molar-refractivity contribution in [1.82, 2.24) is 15.5 Å². The van der Waals surface area contributed by atoms with Crippen LogP contribution in [-0.4, -0.2) is 66.9 Å². The first kappa shape index (κ1) is 19.9. The molecule has 9 nitrogen and oxygen atoms in total. The van der Waals surface area contributed by atoms with Gasteiger partial charge in [-0.3, -0.25) is 14.6 Å². The van der Waals surface area contributed by atoms with Crippen LogP contribution in [0.3, 0.4) is 0 Å². The molecule has 0 radical (unpaired) electrons. The molecule has 1 atom stereocenters. The maximum atomic E-state index is 12.9. The van der Waals surface area contributed by atoms with Crippen molar-refractivity contribution in [2.75, 3.05) is 42.5 Å². The molecule has 1 saturated heterocycles. The molecule has 1 aromatic rings. The number of anilines is 2. The maximum absolute atomic E-state index is 12.9. The average molecular weight is 389 g/mol. The van der Waals surface area contributed by atoms with Gasteiger partial charge in [-0.1, -0.05) is 26.0 Å². The summed E-state index contributed by atoms with van der Waals surface area (Å²) >= 11 is 0. The minimum atomic E-state index is -1.06. The van der Waals surface area contributed by atoms with Crippen LogP contribution in [0.25, 0.3) is 0 Å². The predicted molar refractivity (Wildman–Crippen MR) is 106 cm³/mol. The third-order valence-electron chi connectivity index (χ3n) is 4.92. The van der Waals surface area contributed by atoms with Crippen LogP contribution < -0.4 is 20.4 Å². The Morgan fingerprint density at radius 2 is 1.79 bits per heavy atom. The molecule has 3 N–H and O–H groups in total. The first-order valence-corrected chi connectivity index (χ1v) is 9.56. The summed E-state index contributed by atoms with van der Waals surface area (Å²) in [5, 5.41) is 15.2. The number of urea groups is 1. The fourth-order valence-corrected chi connectivity index (χ4v) is 3.57. The van der Waals surface area contributed by atoms with Gasteiger partial charge in [-0.2, -0.15) is 0 Å². The van der Waals surface area contributed by atoms with Gasteiger partial charge in [0.15, 0.2) is 0 Å². The van der Waals surface area contributed by atoms with E-state index in [-0.39, 0.29) is 17.9 Å². The van der Waals surface area contributed by atoms with Gasteiger partial charge in [-0.05, 0) is 18.1 Å². The standard InChI is InChI=1S/C19H27N5O4/c1-13(2)11-17(25)22-9-10-23(15-6-4-3-5-14(15)22)18(26)21-16-12-20-7-8-24(16)19(27)28/h3-6,13,16,20H,7-12H2,1-2H3,(H,21,26)(H,27,28). The number of nitrogens with zero attached hydrogens (tertiary/aromatic N) is 3. The van der Waals surface area contributed by atoms with E-state index >= 15 is 0 Å². The largest absolute Gasteiger partial charge is 0.465 e. The van der Waals surface area contributed by atoms with Crippen molar-refractivity contribution < 1.29 is 19.5 Å². The van der Waals surface area contributed by atoms with Gasteiger partial charge in [0.05, 0.1) is 11.4 Å². The number of fused-ring (bicyclic) bond motifs is 1. The van der Waals surface area contributed by atoms with Crippen molar-refractivity contribution in [3.05, 3.63) is 24.3 Å². The number of nitrogens with one attached hydrogen (secondary N) is 2. The average Bonchev–Trinajstić information content (AvgIpc) is 2.66. The number of benzene rings is 1. The first-order valence-electron chi connectivity index (χ1n) is 9.56. The topological polar surface area (TPSA) is 105 Å². The molecular weight excluding hydrogens is 362 g/mol. The summed E-state index contributed by atoms with van der Waals surface area (Å²) in [5.41, 5.74) is 1.35. The minimum absolute atomic E-state index is 0.0380. The number of rotatable bonds is 3. The number of carbonyl (C=O) groups is 3. The van der Waals surface area contributed by atoms with Gasteiger partial charge in [0.25, 0.3) is 0 Å². The summed E-state index contributed by atoms with van der Waals surface area (Å²) in [7, 11) is 0. The number of carboxylic acid groups (broad SMARTS) is 1. The van der Waals surface area contributed by atoms with E-state index in [4.69, 9.17) is 0 Å². The SMILES string of the molecule is CC(C)CC(=O)N1CCN(C(=O)NC2CNCCN2C(=O)O)c2ccccc21. The Hall–Kier alpha value is -2.81. The molecule has 1 fully saturated rings.